The summed E-state index contributed by atoms with van der Waals surface area (Å²) in [6.07, 6.45) is 3.76. The lowest BCUT2D eigenvalue weighted by molar-refractivity contribution is 0.0166. The van der Waals surface area contributed by atoms with Gasteiger partial charge in [-0.25, -0.2) is 0 Å². The monoisotopic (exact) mass is 219 g/mol. The number of hydrogen-bond acceptors (Lipinski definition) is 2. The molecule has 0 aliphatic heterocycles. The van der Waals surface area contributed by atoms with Crippen molar-refractivity contribution in [1.29, 1.82) is 0 Å². The SMILES string of the molecule is CC(C)(N)COC1CCCc2ccccc21. The summed E-state index contributed by atoms with van der Waals surface area (Å²) in [6, 6.07) is 8.59. The molecule has 2 nitrogen and oxygen atoms in total. The molecule has 2 rings (SSSR count). The van der Waals surface area contributed by atoms with Crippen LogP contribution in [0.1, 0.15) is 43.9 Å². The average Bonchev–Trinajstić information content (AvgIpc) is 2.25. The Morgan fingerprint density at radius 2 is 2.12 bits per heavy atom. The molecule has 1 unspecified atom stereocenters. The maximum atomic E-state index is 5.95. The molecule has 1 aliphatic carbocycles. The first-order chi connectivity index (χ1) is 7.56. The molecule has 0 saturated carbocycles. The Labute approximate surface area is 97.8 Å². The first kappa shape index (κ1) is 11.6. The van der Waals surface area contributed by atoms with Crippen molar-refractivity contribution in [2.75, 3.05) is 6.61 Å². The predicted molar refractivity (Wildman–Crippen MR) is 66.3 cm³/mol. The van der Waals surface area contributed by atoms with E-state index in [1.165, 1.54) is 24.0 Å². The molecule has 1 aromatic carbocycles. The van der Waals surface area contributed by atoms with Crippen molar-refractivity contribution in [2.45, 2.75) is 44.8 Å². The highest BCUT2D eigenvalue weighted by Gasteiger charge is 2.22. The van der Waals surface area contributed by atoms with Gasteiger partial charge in [0.1, 0.15) is 0 Å². The van der Waals surface area contributed by atoms with Gasteiger partial charge in [-0.2, -0.15) is 0 Å². The summed E-state index contributed by atoms with van der Waals surface area (Å²) in [5.41, 5.74) is 8.50. The summed E-state index contributed by atoms with van der Waals surface area (Å²) < 4.78 is 5.95. The van der Waals surface area contributed by atoms with Crippen LogP contribution in [0.25, 0.3) is 0 Å². The van der Waals surface area contributed by atoms with Crippen LogP contribution in [0.4, 0.5) is 0 Å². The van der Waals surface area contributed by atoms with Gasteiger partial charge in [0.25, 0.3) is 0 Å². The Kier molecular flexibility index (Phi) is 3.31. The lowest BCUT2D eigenvalue weighted by Crippen LogP contribution is -2.38. The van der Waals surface area contributed by atoms with Gasteiger partial charge in [0, 0.05) is 5.54 Å². The van der Waals surface area contributed by atoms with Gasteiger partial charge < -0.3 is 10.5 Å². The number of nitrogens with two attached hydrogens (primary N) is 1. The fourth-order valence-electron chi connectivity index (χ4n) is 2.20. The Balaban J connectivity index is 2.07. The molecule has 0 aromatic heterocycles. The standard InChI is InChI=1S/C14H21NO/c1-14(2,15)10-16-13-9-5-7-11-6-3-4-8-12(11)13/h3-4,6,8,13H,5,7,9-10,15H2,1-2H3. The Hall–Kier alpha value is -0.860. The molecular formula is C14H21NO. The first-order valence-corrected chi connectivity index (χ1v) is 6.04. The zero-order valence-electron chi connectivity index (χ0n) is 10.2. The summed E-state index contributed by atoms with van der Waals surface area (Å²) in [5.74, 6) is 0. The minimum absolute atomic E-state index is 0.243. The van der Waals surface area contributed by atoms with Crippen molar-refractivity contribution >= 4 is 0 Å². The van der Waals surface area contributed by atoms with Gasteiger partial charge in [0.15, 0.2) is 0 Å². The molecule has 0 amide bonds. The van der Waals surface area contributed by atoms with Gasteiger partial charge in [-0.1, -0.05) is 24.3 Å². The fourth-order valence-corrected chi connectivity index (χ4v) is 2.20. The molecule has 2 heteroatoms. The van der Waals surface area contributed by atoms with Gasteiger partial charge in [-0.15, -0.1) is 0 Å². The molecule has 1 aromatic rings. The van der Waals surface area contributed by atoms with Crippen LogP contribution in [0.5, 0.6) is 0 Å². The van der Waals surface area contributed by atoms with Gasteiger partial charge >= 0.3 is 0 Å². The van der Waals surface area contributed by atoms with Gasteiger partial charge in [0.05, 0.1) is 12.7 Å². The number of aryl methyl sites for hydroxylation is 1. The lowest BCUT2D eigenvalue weighted by Gasteiger charge is -2.28. The highest BCUT2D eigenvalue weighted by atomic mass is 16.5. The van der Waals surface area contributed by atoms with Gasteiger partial charge in [-0.3, -0.25) is 0 Å². The Morgan fingerprint density at radius 3 is 2.88 bits per heavy atom. The molecule has 0 fully saturated rings. The second-order valence-corrected chi connectivity index (χ2v) is 5.38. The van der Waals surface area contributed by atoms with Crippen molar-refractivity contribution in [2.24, 2.45) is 5.73 Å². The number of fused-ring (bicyclic) bond motifs is 1. The maximum Gasteiger partial charge on any atom is 0.0828 e. The van der Waals surface area contributed by atoms with Crippen molar-refractivity contribution in [3.63, 3.8) is 0 Å². The van der Waals surface area contributed by atoms with E-state index in [9.17, 15) is 0 Å². The number of rotatable bonds is 3. The van der Waals surface area contributed by atoms with E-state index in [1.807, 2.05) is 13.8 Å². The van der Waals surface area contributed by atoms with Crippen LogP contribution < -0.4 is 5.73 Å². The molecule has 0 heterocycles. The number of hydrogen-bond donors (Lipinski definition) is 1. The van der Waals surface area contributed by atoms with E-state index >= 15 is 0 Å². The summed E-state index contributed by atoms with van der Waals surface area (Å²) in [7, 11) is 0. The van der Waals surface area contributed by atoms with Crippen LogP contribution in [0.3, 0.4) is 0 Å². The van der Waals surface area contributed by atoms with E-state index < -0.39 is 0 Å². The highest BCUT2D eigenvalue weighted by Crippen LogP contribution is 2.32. The zero-order valence-corrected chi connectivity index (χ0v) is 10.2. The van der Waals surface area contributed by atoms with Crippen LogP contribution in [0.2, 0.25) is 0 Å². The summed E-state index contributed by atoms with van der Waals surface area (Å²) in [6.45, 7) is 4.62. The molecule has 0 spiro atoms. The minimum Gasteiger partial charge on any atom is -0.372 e. The van der Waals surface area contributed by atoms with E-state index in [0.717, 1.165) is 6.42 Å². The van der Waals surface area contributed by atoms with Crippen molar-refractivity contribution in [3.8, 4) is 0 Å². The fraction of sp³-hybridized carbons (Fsp3) is 0.571. The quantitative estimate of drug-likeness (QED) is 0.848. The lowest BCUT2D eigenvalue weighted by atomic mass is 9.89. The van der Waals surface area contributed by atoms with Crippen LogP contribution in [-0.2, 0) is 11.2 Å². The summed E-state index contributed by atoms with van der Waals surface area (Å²) in [4.78, 5) is 0. The number of benzene rings is 1. The van der Waals surface area contributed by atoms with E-state index in [4.69, 9.17) is 10.5 Å². The second-order valence-electron chi connectivity index (χ2n) is 5.38. The normalized spacial score (nSPS) is 20.6. The molecule has 0 bridgehead atoms. The average molecular weight is 219 g/mol. The van der Waals surface area contributed by atoms with Crippen LogP contribution in [0, 0.1) is 0 Å². The topological polar surface area (TPSA) is 35.2 Å². The third-order valence-corrected chi connectivity index (χ3v) is 2.97. The molecular weight excluding hydrogens is 198 g/mol. The van der Waals surface area contributed by atoms with E-state index in [0.29, 0.717) is 6.61 Å². The molecule has 1 aliphatic rings. The summed E-state index contributed by atoms with van der Waals surface area (Å²) >= 11 is 0. The van der Waals surface area contributed by atoms with Crippen LogP contribution in [-0.4, -0.2) is 12.1 Å². The smallest absolute Gasteiger partial charge is 0.0828 e. The minimum atomic E-state index is -0.244. The summed E-state index contributed by atoms with van der Waals surface area (Å²) in [5, 5.41) is 0. The van der Waals surface area contributed by atoms with Gasteiger partial charge in [-0.05, 0) is 44.2 Å². The number of ether oxygens (including phenoxy) is 1. The highest BCUT2D eigenvalue weighted by molar-refractivity contribution is 5.31. The molecule has 0 saturated heterocycles. The predicted octanol–water partition coefficient (Wildman–Crippen LogP) is 2.82. The Bertz CT molecular complexity index is 354. The first-order valence-electron chi connectivity index (χ1n) is 6.04. The maximum absolute atomic E-state index is 5.95. The molecule has 1 atom stereocenters. The van der Waals surface area contributed by atoms with Gasteiger partial charge in [0.2, 0.25) is 0 Å². The van der Waals surface area contributed by atoms with Crippen molar-refractivity contribution in [1.82, 2.24) is 0 Å². The van der Waals surface area contributed by atoms with Crippen molar-refractivity contribution < 1.29 is 4.74 Å². The van der Waals surface area contributed by atoms with E-state index in [2.05, 4.69) is 24.3 Å². The third-order valence-electron chi connectivity index (χ3n) is 2.97. The third kappa shape index (κ3) is 2.83. The molecule has 16 heavy (non-hydrogen) atoms. The zero-order chi connectivity index (χ0) is 11.6. The Morgan fingerprint density at radius 1 is 1.38 bits per heavy atom. The van der Waals surface area contributed by atoms with Crippen molar-refractivity contribution in [3.05, 3.63) is 35.4 Å². The second kappa shape index (κ2) is 4.56. The van der Waals surface area contributed by atoms with E-state index in [1.54, 1.807) is 0 Å². The molecule has 2 N–H and O–H groups in total. The largest absolute Gasteiger partial charge is 0.372 e. The van der Waals surface area contributed by atoms with Crippen LogP contribution >= 0.6 is 0 Å². The van der Waals surface area contributed by atoms with E-state index in [-0.39, 0.29) is 11.6 Å². The molecule has 0 radical (unpaired) electrons. The molecule has 88 valence electrons. The van der Waals surface area contributed by atoms with Crippen LogP contribution in [0.15, 0.2) is 24.3 Å².